The zero-order chi connectivity index (χ0) is 16.8. The van der Waals surface area contributed by atoms with E-state index in [9.17, 15) is 4.79 Å². The van der Waals surface area contributed by atoms with Crippen LogP contribution in [0, 0.1) is 0 Å². The van der Waals surface area contributed by atoms with Crippen LogP contribution in [-0.4, -0.2) is 18.0 Å². The smallest absolute Gasteiger partial charge is 0.229 e. The lowest BCUT2D eigenvalue weighted by atomic mass is 10.3. The number of nitrogens with zero attached hydrogens (tertiary/aromatic N) is 1. The van der Waals surface area contributed by atoms with Gasteiger partial charge in [0.2, 0.25) is 5.91 Å². The lowest BCUT2D eigenvalue weighted by Crippen LogP contribution is -2.13. The van der Waals surface area contributed by atoms with Gasteiger partial charge in [-0.05, 0) is 35.7 Å². The number of thiophene rings is 1. The normalized spacial score (nSPS) is 10.2. The molecule has 0 aliphatic heterocycles. The van der Waals surface area contributed by atoms with Gasteiger partial charge >= 0.3 is 0 Å². The van der Waals surface area contributed by atoms with Crippen molar-refractivity contribution >= 4 is 34.4 Å². The van der Waals surface area contributed by atoms with Crippen LogP contribution in [0.15, 0.2) is 60.1 Å². The zero-order valence-electron chi connectivity index (χ0n) is 13.2. The Bertz CT molecular complexity index is 801. The van der Waals surface area contributed by atoms with Gasteiger partial charge in [-0.15, -0.1) is 11.3 Å². The van der Waals surface area contributed by atoms with Gasteiger partial charge in [-0.3, -0.25) is 4.79 Å². The van der Waals surface area contributed by atoms with E-state index in [4.69, 9.17) is 4.74 Å². The second kappa shape index (κ2) is 7.61. The highest BCUT2D eigenvalue weighted by molar-refractivity contribution is 7.10. The van der Waals surface area contributed by atoms with Crippen LogP contribution >= 0.6 is 11.3 Å². The second-order valence-electron chi connectivity index (χ2n) is 5.06. The molecule has 0 aliphatic carbocycles. The van der Waals surface area contributed by atoms with Crippen molar-refractivity contribution in [2.24, 2.45) is 0 Å². The van der Waals surface area contributed by atoms with Crippen molar-refractivity contribution in [3.05, 3.63) is 65.0 Å². The summed E-state index contributed by atoms with van der Waals surface area (Å²) in [6.07, 6.45) is 2.00. The number of aromatic nitrogens is 1. The number of pyridine rings is 1. The topological polar surface area (TPSA) is 63.2 Å². The third-order valence-corrected chi connectivity index (χ3v) is 4.21. The predicted octanol–water partition coefficient (Wildman–Crippen LogP) is 4.08. The number of rotatable bonds is 6. The highest BCUT2D eigenvalue weighted by Crippen LogP contribution is 2.26. The van der Waals surface area contributed by atoms with Gasteiger partial charge < -0.3 is 15.4 Å². The van der Waals surface area contributed by atoms with E-state index in [0.29, 0.717) is 17.9 Å². The first-order valence-electron chi connectivity index (χ1n) is 7.43. The molecular formula is C18H17N3O2S. The molecule has 0 aliphatic rings. The zero-order valence-corrected chi connectivity index (χ0v) is 14.0. The molecule has 0 bridgehead atoms. The molecule has 3 aromatic rings. The molecule has 0 unspecified atom stereocenters. The molecule has 0 radical (unpaired) electrons. The van der Waals surface area contributed by atoms with Crippen LogP contribution in [0.5, 0.6) is 5.75 Å². The van der Waals surface area contributed by atoms with Crippen molar-refractivity contribution in [3.63, 3.8) is 0 Å². The summed E-state index contributed by atoms with van der Waals surface area (Å²) in [6, 6.07) is 15.1. The number of hydrogen-bond acceptors (Lipinski definition) is 5. The maximum atomic E-state index is 12.0. The summed E-state index contributed by atoms with van der Waals surface area (Å²) < 4.78 is 5.30. The highest BCUT2D eigenvalue weighted by atomic mass is 32.1. The van der Waals surface area contributed by atoms with Crippen molar-refractivity contribution in [3.8, 4) is 5.75 Å². The van der Waals surface area contributed by atoms with E-state index in [-0.39, 0.29) is 5.91 Å². The second-order valence-corrected chi connectivity index (χ2v) is 6.09. The monoisotopic (exact) mass is 339 g/mol. The maximum absolute atomic E-state index is 12.0. The lowest BCUT2D eigenvalue weighted by molar-refractivity contribution is -0.115. The number of ether oxygens (including phenoxy) is 1. The van der Waals surface area contributed by atoms with Crippen molar-refractivity contribution in [2.45, 2.75) is 6.42 Å². The molecule has 0 saturated heterocycles. The lowest BCUT2D eigenvalue weighted by Gasteiger charge is -2.10. The third-order valence-electron chi connectivity index (χ3n) is 3.33. The fourth-order valence-corrected chi connectivity index (χ4v) is 2.91. The van der Waals surface area contributed by atoms with E-state index in [0.717, 1.165) is 16.3 Å². The highest BCUT2D eigenvalue weighted by Gasteiger charge is 2.06. The molecular weight excluding hydrogens is 322 g/mol. The first-order valence-corrected chi connectivity index (χ1v) is 8.31. The van der Waals surface area contributed by atoms with E-state index in [2.05, 4.69) is 15.6 Å². The number of methoxy groups -OCH3 is 1. The summed E-state index contributed by atoms with van der Waals surface area (Å²) in [5, 5.41) is 8.00. The average molecular weight is 339 g/mol. The van der Waals surface area contributed by atoms with Crippen molar-refractivity contribution < 1.29 is 9.53 Å². The van der Waals surface area contributed by atoms with Gasteiger partial charge in [-0.1, -0.05) is 18.2 Å². The minimum atomic E-state index is -0.0512. The molecule has 2 N–H and O–H groups in total. The van der Waals surface area contributed by atoms with Gasteiger partial charge in [0.15, 0.2) is 0 Å². The minimum Gasteiger partial charge on any atom is -0.495 e. The Morgan fingerprint density at radius 3 is 2.75 bits per heavy atom. The molecule has 1 aromatic carbocycles. The molecule has 1 amide bonds. The Balaban J connectivity index is 1.62. The van der Waals surface area contributed by atoms with Crippen molar-refractivity contribution in [1.29, 1.82) is 0 Å². The van der Waals surface area contributed by atoms with Crippen LogP contribution in [0.1, 0.15) is 4.88 Å². The van der Waals surface area contributed by atoms with E-state index < -0.39 is 0 Å². The maximum Gasteiger partial charge on any atom is 0.229 e. The molecule has 5 nitrogen and oxygen atoms in total. The van der Waals surface area contributed by atoms with Crippen molar-refractivity contribution in [2.75, 3.05) is 17.7 Å². The van der Waals surface area contributed by atoms with E-state index >= 15 is 0 Å². The molecule has 0 atom stereocenters. The largest absolute Gasteiger partial charge is 0.495 e. The number of para-hydroxylation sites is 2. The fraction of sp³-hybridized carbons (Fsp3) is 0.111. The SMILES string of the molecule is COc1ccccc1Nc1ccc(NC(=O)Cc2cccs2)cn1. The number of nitrogens with one attached hydrogen (secondary N) is 2. The number of carbonyl (C=O) groups is 1. The predicted molar refractivity (Wildman–Crippen MR) is 97.2 cm³/mol. The van der Waals surface area contributed by atoms with Gasteiger partial charge in [-0.25, -0.2) is 4.98 Å². The Morgan fingerprint density at radius 1 is 1.17 bits per heavy atom. The Kier molecular flexibility index (Phi) is 5.08. The van der Waals surface area contributed by atoms with Crippen LogP contribution in [0.25, 0.3) is 0 Å². The third kappa shape index (κ3) is 4.11. The van der Waals surface area contributed by atoms with E-state index in [1.807, 2.05) is 53.9 Å². The molecule has 0 spiro atoms. The summed E-state index contributed by atoms with van der Waals surface area (Å²) in [5.74, 6) is 1.37. The quantitative estimate of drug-likeness (QED) is 0.710. The van der Waals surface area contributed by atoms with Gasteiger partial charge in [-0.2, -0.15) is 0 Å². The molecule has 24 heavy (non-hydrogen) atoms. The van der Waals surface area contributed by atoms with Gasteiger partial charge in [0, 0.05) is 4.88 Å². The molecule has 2 heterocycles. The number of anilines is 3. The van der Waals surface area contributed by atoms with Crippen LogP contribution in [0.2, 0.25) is 0 Å². The molecule has 6 heteroatoms. The summed E-state index contributed by atoms with van der Waals surface area (Å²) in [5.41, 5.74) is 1.50. The Morgan fingerprint density at radius 2 is 2.04 bits per heavy atom. The first kappa shape index (κ1) is 16.0. The minimum absolute atomic E-state index is 0.0512. The molecule has 122 valence electrons. The standard InChI is InChI=1S/C18H17N3O2S/c1-23-16-7-3-2-6-15(16)21-17-9-8-13(12-19-17)20-18(22)11-14-5-4-10-24-14/h2-10,12H,11H2,1H3,(H,19,21)(H,20,22). The van der Waals surface area contributed by atoms with Gasteiger partial charge in [0.05, 0.1) is 31.1 Å². The van der Waals surface area contributed by atoms with E-state index in [1.54, 1.807) is 24.6 Å². The van der Waals surface area contributed by atoms with Crippen molar-refractivity contribution in [1.82, 2.24) is 4.98 Å². The summed E-state index contributed by atoms with van der Waals surface area (Å²) >= 11 is 1.57. The van der Waals surface area contributed by atoms with E-state index in [1.165, 1.54) is 0 Å². The van der Waals surface area contributed by atoms with Gasteiger partial charge in [0.25, 0.3) is 0 Å². The molecule has 3 rings (SSSR count). The van der Waals surface area contributed by atoms with Crippen LogP contribution < -0.4 is 15.4 Å². The number of amides is 1. The number of carbonyl (C=O) groups excluding carboxylic acids is 1. The molecule has 2 aromatic heterocycles. The first-order chi connectivity index (χ1) is 11.7. The van der Waals surface area contributed by atoms with Crippen LogP contribution in [0.4, 0.5) is 17.2 Å². The Labute approximate surface area is 144 Å². The van der Waals surface area contributed by atoms with Gasteiger partial charge in [0.1, 0.15) is 11.6 Å². The summed E-state index contributed by atoms with van der Waals surface area (Å²) in [4.78, 5) is 17.3. The average Bonchev–Trinajstić information content (AvgIpc) is 3.10. The molecule has 0 saturated carbocycles. The van der Waals surface area contributed by atoms with Crippen LogP contribution in [-0.2, 0) is 11.2 Å². The number of benzene rings is 1. The summed E-state index contributed by atoms with van der Waals surface area (Å²) in [6.45, 7) is 0. The number of hydrogen-bond donors (Lipinski definition) is 2. The van der Waals surface area contributed by atoms with Crippen LogP contribution in [0.3, 0.4) is 0 Å². The summed E-state index contributed by atoms with van der Waals surface area (Å²) in [7, 11) is 1.63. The fourth-order valence-electron chi connectivity index (χ4n) is 2.20. The Hall–Kier alpha value is -2.86. The molecule has 0 fully saturated rings.